The van der Waals surface area contributed by atoms with E-state index in [1.165, 1.54) is 19.4 Å². The Morgan fingerprint density at radius 3 is 2.75 bits per heavy atom. The molecule has 1 unspecified atom stereocenters. The first kappa shape index (κ1) is 14.8. The second-order valence-corrected chi connectivity index (χ2v) is 5.23. The second kappa shape index (κ2) is 7.28. The third kappa shape index (κ3) is 3.96. The van der Waals surface area contributed by atoms with Crippen molar-refractivity contribution in [3.63, 3.8) is 0 Å². The lowest BCUT2D eigenvalue weighted by Crippen LogP contribution is -2.34. The van der Waals surface area contributed by atoms with Crippen LogP contribution >= 0.6 is 0 Å². The van der Waals surface area contributed by atoms with Gasteiger partial charge < -0.3 is 16.4 Å². The molecule has 0 aliphatic carbocycles. The van der Waals surface area contributed by atoms with Crippen molar-refractivity contribution in [2.45, 2.75) is 39.2 Å². The minimum atomic E-state index is 0.312. The highest BCUT2D eigenvalue weighted by Crippen LogP contribution is 2.18. The van der Waals surface area contributed by atoms with Gasteiger partial charge in [0.05, 0.1) is 0 Å². The number of nitrogens with two attached hydrogens (primary N) is 1. The Balaban J connectivity index is 1.93. The SMILES string of the molecule is CCCNc1cc(NCC2CCCN2CC)nc(N)n1. The van der Waals surface area contributed by atoms with Crippen molar-refractivity contribution < 1.29 is 0 Å². The molecule has 1 aromatic heterocycles. The number of rotatable bonds is 7. The van der Waals surface area contributed by atoms with Gasteiger partial charge in [0, 0.05) is 25.2 Å². The van der Waals surface area contributed by atoms with Crippen LogP contribution in [-0.2, 0) is 0 Å². The van der Waals surface area contributed by atoms with E-state index in [-0.39, 0.29) is 0 Å². The molecule has 2 heterocycles. The second-order valence-electron chi connectivity index (χ2n) is 5.23. The number of hydrogen-bond acceptors (Lipinski definition) is 6. The van der Waals surface area contributed by atoms with Crippen molar-refractivity contribution in [3.05, 3.63) is 6.07 Å². The molecule has 20 heavy (non-hydrogen) atoms. The Morgan fingerprint density at radius 2 is 2.05 bits per heavy atom. The quantitative estimate of drug-likeness (QED) is 0.705. The molecule has 1 atom stereocenters. The molecule has 1 aliphatic heterocycles. The molecule has 0 spiro atoms. The van der Waals surface area contributed by atoms with E-state index >= 15 is 0 Å². The summed E-state index contributed by atoms with van der Waals surface area (Å²) in [6.45, 7) is 8.46. The lowest BCUT2D eigenvalue weighted by Gasteiger charge is -2.23. The van der Waals surface area contributed by atoms with Gasteiger partial charge in [-0.15, -0.1) is 0 Å². The third-order valence-electron chi connectivity index (χ3n) is 3.72. The van der Waals surface area contributed by atoms with Crippen molar-refractivity contribution in [2.75, 3.05) is 42.5 Å². The molecule has 112 valence electrons. The summed E-state index contributed by atoms with van der Waals surface area (Å²) in [6.07, 6.45) is 3.60. The Morgan fingerprint density at radius 1 is 1.30 bits per heavy atom. The van der Waals surface area contributed by atoms with Crippen LogP contribution in [0.25, 0.3) is 0 Å². The van der Waals surface area contributed by atoms with E-state index < -0.39 is 0 Å². The van der Waals surface area contributed by atoms with Gasteiger partial charge in [-0.1, -0.05) is 13.8 Å². The molecule has 1 aliphatic rings. The van der Waals surface area contributed by atoms with Gasteiger partial charge in [0.1, 0.15) is 11.6 Å². The van der Waals surface area contributed by atoms with Gasteiger partial charge in [-0.3, -0.25) is 4.90 Å². The number of aromatic nitrogens is 2. The van der Waals surface area contributed by atoms with Gasteiger partial charge in [-0.2, -0.15) is 9.97 Å². The molecule has 0 saturated carbocycles. The monoisotopic (exact) mass is 278 g/mol. The topological polar surface area (TPSA) is 79.1 Å². The standard InChI is InChI=1S/C14H26N6/c1-3-7-16-12-9-13(19-14(15)18-12)17-10-11-6-5-8-20(11)4-2/h9,11H,3-8,10H2,1-2H3,(H4,15,16,17,18,19). The summed E-state index contributed by atoms with van der Waals surface area (Å²) in [6, 6.07) is 2.53. The molecular weight excluding hydrogens is 252 g/mol. The number of nitrogens with one attached hydrogen (secondary N) is 2. The van der Waals surface area contributed by atoms with E-state index in [4.69, 9.17) is 5.73 Å². The van der Waals surface area contributed by atoms with Crippen LogP contribution in [0.2, 0.25) is 0 Å². The van der Waals surface area contributed by atoms with Gasteiger partial charge in [0.25, 0.3) is 0 Å². The fraction of sp³-hybridized carbons (Fsp3) is 0.714. The van der Waals surface area contributed by atoms with Crippen LogP contribution in [0.15, 0.2) is 6.07 Å². The molecular formula is C14H26N6. The number of nitrogens with zero attached hydrogens (tertiary/aromatic N) is 3. The molecule has 4 N–H and O–H groups in total. The van der Waals surface area contributed by atoms with Gasteiger partial charge in [-0.05, 0) is 32.4 Å². The minimum Gasteiger partial charge on any atom is -0.370 e. The average molecular weight is 278 g/mol. The molecule has 0 bridgehead atoms. The fourth-order valence-electron chi connectivity index (χ4n) is 2.67. The summed E-state index contributed by atoms with van der Waals surface area (Å²) < 4.78 is 0. The van der Waals surface area contributed by atoms with Crippen molar-refractivity contribution >= 4 is 17.6 Å². The number of hydrogen-bond donors (Lipinski definition) is 3. The number of likely N-dealkylation sites (tertiary alicyclic amines) is 1. The smallest absolute Gasteiger partial charge is 0.223 e. The highest BCUT2D eigenvalue weighted by Gasteiger charge is 2.22. The number of likely N-dealkylation sites (N-methyl/N-ethyl adjacent to an activating group) is 1. The Bertz CT molecular complexity index is 422. The van der Waals surface area contributed by atoms with Gasteiger partial charge in [0.15, 0.2) is 0 Å². The van der Waals surface area contributed by atoms with E-state index in [1.54, 1.807) is 0 Å². The zero-order valence-electron chi connectivity index (χ0n) is 12.5. The van der Waals surface area contributed by atoms with Crippen LogP contribution < -0.4 is 16.4 Å². The summed E-state index contributed by atoms with van der Waals surface area (Å²) in [5.41, 5.74) is 5.76. The Kier molecular flexibility index (Phi) is 5.40. The lowest BCUT2D eigenvalue weighted by atomic mass is 10.2. The maximum absolute atomic E-state index is 5.76. The summed E-state index contributed by atoms with van der Waals surface area (Å²) >= 11 is 0. The first-order valence-electron chi connectivity index (χ1n) is 7.59. The van der Waals surface area contributed by atoms with Crippen molar-refractivity contribution in [3.8, 4) is 0 Å². The predicted molar refractivity (Wildman–Crippen MR) is 84.0 cm³/mol. The summed E-state index contributed by atoms with van der Waals surface area (Å²) in [4.78, 5) is 10.9. The normalized spacial score (nSPS) is 19.2. The van der Waals surface area contributed by atoms with Gasteiger partial charge in [0.2, 0.25) is 5.95 Å². The maximum atomic E-state index is 5.76. The van der Waals surface area contributed by atoms with E-state index in [0.717, 1.165) is 37.7 Å². The van der Waals surface area contributed by atoms with Crippen molar-refractivity contribution in [1.29, 1.82) is 0 Å². The Labute approximate surface area is 121 Å². The first-order valence-corrected chi connectivity index (χ1v) is 7.59. The van der Waals surface area contributed by atoms with Crippen LogP contribution in [0.5, 0.6) is 0 Å². The molecule has 0 aromatic carbocycles. The number of nitrogen functional groups attached to an aromatic ring is 1. The predicted octanol–water partition coefficient (Wildman–Crippen LogP) is 1.78. The molecule has 1 saturated heterocycles. The van der Waals surface area contributed by atoms with Gasteiger partial charge >= 0.3 is 0 Å². The zero-order chi connectivity index (χ0) is 14.4. The number of anilines is 3. The average Bonchev–Trinajstić information content (AvgIpc) is 2.90. The molecule has 1 fully saturated rings. The molecule has 6 nitrogen and oxygen atoms in total. The van der Waals surface area contributed by atoms with E-state index in [0.29, 0.717) is 12.0 Å². The largest absolute Gasteiger partial charge is 0.370 e. The first-order chi connectivity index (χ1) is 9.72. The summed E-state index contributed by atoms with van der Waals surface area (Å²) in [5, 5.41) is 6.64. The van der Waals surface area contributed by atoms with Crippen LogP contribution in [0.1, 0.15) is 33.1 Å². The lowest BCUT2D eigenvalue weighted by molar-refractivity contribution is 0.277. The van der Waals surface area contributed by atoms with E-state index in [2.05, 4.69) is 39.3 Å². The molecule has 0 amide bonds. The van der Waals surface area contributed by atoms with Gasteiger partial charge in [-0.25, -0.2) is 0 Å². The van der Waals surface area contributed by atoms with E-state index in [9.17, 15) is 0 Å². The molecule has 0 radical (unpaired) electrons. The highest BCUT2D eigenvalue weighted by atomic mass is 15.2. The van der Waals surface area contributed by atoms with Crippen LogP contribution in [-0.4, -0.2) is 47.1 Å². The summed E-state index contributed by atoms with van der Waals surface area (Å²) in [7, 11) is 0. The molecule has 6 heteroatoms. The van der Waals surface area contributed by atoms with E-state index in [1.807, 2.05) is 6.07 Å². The molecule has 2 rings (SSSR count). The van der Waals surface area contributed by atoms with Crippen molar-refractivity contribution in [2.24, 2.45) is 0 Å². The highest BCUT2D eigenvalue weighted by molar-refractivity contribution is 5.51. The van der Waals surface area contributed by atoms with Crippen molar-refractivity contribution in [1.82, 2.24) is 14.9 Å². The van der Waals surface area contributed by atoms with Crippen LogP contribution in [0.3, 0.4) is 0 Å². The zero-order valence-corrected chi connectivity index (χ0v) is 12.5. The third-order valence-corrected chi connectivity index (χ3v) is 3.72. The molecule has 1 aromatic rings. The maximum Gasteiger partial charge on any atom is 0.223 e. The fourth-order valence-corrected chi connectivity index (χ4v) is 2.67. The summed E-state index contributed by atoms with van der Waals surface area (Å²) in [5.74, 6) is 1.91. The van der Waals surface area contributed by atoms with Crippen LogP contribution in [0.4, 0.5) is 17.6 Å². The Hall–Kier alpha value is -1.56. The van der Waals surface area contributed by atoms with Crippen LogP contribution in [0, 0.1) is 0 Å². The minimum absolute atomic E-state index is 0.312.